The number of hydrogen-bond donors (Lipinski definition) is 2. The van der Waals surface area contributed by atoms with Crippen LogP contribution in [0.4, 0.5) is 0 Å². The molecule has 6 heteroatoms. The fraction of sp³-hybridized carbons (Fsp3) is 0.100. The van der Waals surface area contributed by atoms with E-state index >= 15 is 0 Å². The summed E-state index contributed by atoms with van der Waals surface area (Å²) in [5.74, 6) is 3.09. The summed E-state index contributed by atoms with van der Waals surface area (Å²) in [4.78, 5) is 18.7. The number of rotatable bonds is 6. The normalized spacial score (nSPS) is 10.8. The summed E-state index contributed by atoms with van der Waals surface area (Å²) in [7, 11) is 1.55. The van der Waals surface area contributed by atoms with E-state index < -0.39 is 5.97 Å². The Labute approximate surface area is 150 Å². The number of hydrogen-bond acceptors (Lipinski definition) is 4. The van der Waals surface area contributed by atoms with Crippen LogP contribution in [0.5, 0.6) is 11.5 Å². The molecule has 1 heterocycles. The van der Waals surface area contributed by atoms with Crippen molar-refractivity contribution in [2.75, 3.05) is 13.7 Å². The Morgan fingerprint density at radius 2 is 2.15 bits per heavy atom. The largest absolute Gasteiger partial charge is 0.493 e. The Balaban J connectivity index is 1.88. The molecule has 0 spiro atoms. The zero-order chi connectivity index (χ0) is 18.5. The molecule has 0 bridgehead atoms. The van der Waals surface area contributed by atoms with Crippen molar-refractivity contribution in [3.63, 3.8) is 0 Å². The van der Waals surface area contributed by atoms with Gasteiger partial charge < -0.3 is 19.6 Å². The molecule has 0 aliphatic rings. The average Bonchev–Trinajstić information content (AvgIpc) is 3.07. The molecule has 3 aromatic rings. The minimum atomic E-state index is -1.01. The van der Waals surface area contributed by atoms with Crippen LogP contribution >= 0.6 is 0 Å². The molecule has 2 N–H and O–H groups in total. The standard InChI is InChI=1S/C20H16N2O4/c1-3-11-26-16-9-7-13(12-17(16)25-2)8-10-18-21-15-6-4-5-14(20(23)24)19(15)22-18/h1,4-10,12H,11H2,2H3,(H,21,22)(H,23,24)/b10-8+. The van der Waals surface area contributed by atoms with Gasteiger partial charge in [0.25, 0.3) is 0 Å². The number of carboxylic acids is 1. The molecular weight excluding hydrogens is 332 g/mol. The molecule has 6 nitrogen and oxygen atoms in total. The molecule has 3 rings (SSSR count). The number of para-hydroxylation sites is 1. The minimum absolute atomic E-state index is 0.162. The monoisotopic (exact) mass is 348 g/mol. The highest BCUT2D eigenvalue weighted by Crippen LogP contribution is 2.28. The van der Waals surface area contributed by atoms with Crippen molar-refractivity contribution in [2.24, 2.45) is 0 Å². The van der Waals surface area contributed by atoms with Crippen molar-refractivity contribution in [1.29, 1.82) is 0 Å². The van der Waals surface area contributed by atoms with Crippen LogP contribution in [0.15, 0.2) is 36.4 Å². The van der Waals surface area contributed by atoms with Gasteiger partial charge in [0.15, 0.2) is 11.5 Å². The molecule has 1 aromatic heterocycles. The van der Waals surface area contributed by atoms with Gasteiger partial charge in [0, 0.05) is 0 Å². The quantitative estimate of drug-likeness (QED) is 0.667. The number of fused-ring (bicyclic) bond motifs is 1. The molecule has 0 aliphatic carbocycles. The maximum Gasteiger partial charge on any atom is 0.337 e. The third-order valence-corrected chi connectivity index (χ3v) is 3.69. The van der Waals surface area contributed by atoms with Crippen molar-refractivity contribution in [2.45, 2.75) is 0 Å². The lowest BCUT2D eigenvalue weighted by Gasteiger charge is -2.09. The Morgan fingerprint density at radius 3 is 2.88 bits per heavy atom. The summed E-state index contributed by atoms with van der Waals surface area (Å²) in [5.41, 5.74) is 2.12. The van der Waals surface area contributed by atoms with E-state index in [1.165, 1.54) is 6.07 Å². The van der Waals surface area contributed by atoms with E-state index in [1.807, 2.05) is 18.2 Å². The number of methoxy groups -OCH3 is 1. The van der Waals surface area contributed by atoms with Crippen LogP contribution in [0.2, 0.25) is 0 Å². The first-order valence-electron chi connectivity index (χ1n) is 7.77. The van der Waals surface area contributed by atoms with Gasteiger partial charge in [-0.3, -0.25) is 0 Å². The number of aromatic carboxylic acids is 1. The number of nitrogens with one attached hydrogen (secondary N) is 1. The second-order valence-corrected chi connectivity index (χ2v) is 5.37. The molecule has 130 valence electrons. The third-order valence-electron chi connectivity index (χ3n) is 3.69. The molecule has 0 unspecified atom stereocenters. The Hall–Kier alpha value is -3.72. The molecule has 0 atom stereocenters. The maximum atomic E-state index is 11.3. The van der Waals surface area contributed by atoms with Crippen LogP contribution in [0.3, 0.4) is 0 Å². The molecule has 0 aliphatic heterocycles. The van der Waals surface area contributed by atoms with E-state index in [4.69, 9.17) is 15.9 Å². The SMILES string of the molecule is C#CCOc1ccc(/C=C/c2nc3c(C(=O)O)cccc3[nH]2)cc1OC. The summed E-state index contributed by atoms with van der Waals surface area (Å²) >= 11 is 0. The first kappa shape index (κ1) is 17.1. The highest BCUT2D eigenvalue weighted by Gasteiger charge is 2.11. The molecule has 2 aromatic carbocycles. The lowest BCUT2D eigenvalue weighted by atomic mass is 10.2. The van der Waals surface area contributed by atoms with E-state index in [0.29, 0.717) is 28.4 Å². The van der Waals surface area contributed by atoms with Crippen LogP contribution in [-0.2, 0) is 0 Å². The molecule has 0 saturated heterocycles. The van der Waals surface area contributed by atoms with Gasteiger partial charge in [-0.15, -0.1) is 6.42 Å². The molecular formula is C20H16N2O4. The zero-order valence-corrected chi connectivity index (χ0v) is 14.0. The van der Waals surface area contributed by atoms with E-state index in [9.17, 15) is 9.90 Å². The lowest BCUT2D eigenvalue weighted by molar-refractivity contribution is 0.0699. The Bertz CT molecular complexity index is 1030. The number of carbonyl (C=O) groups is 1. The topological polar surface area (TPSA) is 84.4 Å². The van der Waals surface area contributed by atoms with Gasteiger partial charge in [-0.25, -0.2) is 9.78 Å². The van der Waals surface area contributed by atoms with Gasteiger partial charge >= 0.3 is 5.97 Å². The minimum Gasteiger partial charge on any atom is -0.493 e. The van der Waals surface area contributed by atoms with Crippen LogP contribution in [0.1, 0.15) is 21.7 Å². The van der Waals surface area contributed by atoms with Crippen molar-refractivity contribution < 1.29 is 19.4 Å². The van der Waals surface area contributed by atoms with Gasteiger partial charge in [0.1, 0.15) is 17.9 Å². The number of benzene rings is 2. The first-order valence-corrected chi connectivity index (χ1v) is 7.77. The number of H-pyrrole nitrogens is 1. The Kier molecular flexibility index (Phi) is 4.90. The summed E-state index contributed by atoms with van der Waals surface area (Å²) < 4.78 is 10.7. The summed E-state index contributed by atoms with van der Waals surface area (Å²) in [6.07, 6.45) is 8.80. The number of carboxylic acid groups (broad SMARTS) is 1. The highest BCUT2D eigenvalue weighted by atomic mass is 16.5. The average molecular weight is 348 g/mol. The fourth-order valence-electron chi connectivity index (χ4n) is 2.50. The molecule has 0 fully saturated rings. The predicted octanol–water partition coefficient (Wildman–Crippen LogP) is 3.45. The van der Waals surface area contributed by atoms with Gasteiger partial charge in [-0.05, 0) is 35.9 Å². The predicted molar refractivity (Wildman–Crippen MR) is 99.3 cm³/mol. The second-order valence-electron chi connectivity index (χ2n) is 5.37. The molecule has 0 radical (unpaired) electrons. The molecule has 0 amide bonds. The summed E-state index contributed by atoms with van der Waals surface area (Å²) in [6, 6.07) is 10.4. The highest BCUT2D eigenvalue weighted by molar-refractivity contribution is 6.01. The number of imidazole rings is 1. The van der Waals surface area contributed by atoms with Crippen LogP contribution in [0, 0.1) is 12.3 Å². The lowest BCUT2D eigenvalue weighted by Crippen LogP contribution is -1.96. The van der Waals surface area contributed by atoms with Crippen molar-refractivity contribution in [3.8, 4) is 23.8 Å². The van der Waals surface area contributed by atoms with E-state index in [1.54, 1.807) is 31.4 Å². The molecule has 0 saturated carbocycles. The number of ether oxygens (including phenoxy) is 2. The van der Waals surface area contributed by atoms with Crippen molar-refractivity contribution in [1.82, 2.24) is 9.97 Å². The maximum absolute atomic E-state index is 11.3. The summed E-state index contributed by atoms with van der Waals surface area (Å²) in [5, 5.41) is 9.24. The van der Waals surface area contributed by atoms with E-state index in [0.717, 1.165) is 5.56 Å². The van der Waals surface area contributed by atoms with E-state index in [2.05, 4.69) is 15.9 Å². The van der Waals surface area contributed by atoms with Crippen molar-refractivity contribution in [3.05, 3.63) is 53.3 Å². The first-order chi connectivity index (χ1) is 12.6. The van der Waals surface area contributed by atoms with Gasteiger partial charge in [-0.2, -0.15) is 0 Å². The summed E-state index contributed by atoms with van der Waals surface area (Å²) in [6.45, 7) is 0.163. The van der Waals surface area contributed by atoms with Crippen LogP contribution < -0.4 is 9.47 Å². The third kappa shape index (κ3) is 3.52. The second kappa shape index (κ2) is 7.45. The van der Waals surface area contributed by atoms with Gasteiger partial charge in [-0.1, -0.05) is 24.1 Å². The zero-order valence-electron chi connectivity index (χ0n) is 14.0. The van der Waals surface area contributed by atoms with Crippen molar-refractivity contribution >= 4 is 29.2 Å². The number of nitrogens with zero attached hydrogens (tertiary/aromatic N) is 1. The number of terminal acetylenes is 1. The van der Waals surface area contributed by atoms with E-state index in [-0.39, 0.29) is 12.2 Å². The Morgan fingerprint density at radius 1 is 1.31 bits per heavy atom. The number of aromatic nitrogens is 2. The molecule has 26 heavy (non-hydrogen) atoms. The number of aromatic amines is 1. The fourth-order valence-corrected chi connectivity index (χ4v) is 2.50. The smallest absolute Gasteiger partial charge is 0.337 e. The van der Waals surface area contributed by atoms with Crippen LogP contribution in [0.25, 0.3) is 23.2 Å². The van der Waals surface area contributed by atoms with Gasteiger partial charge in [0.05, 0.1) is 18.2 Å². The van der Waals surface area contributed by atoms with Crippen LogP contribution in [-0.4, -0.2) is 34.8 Å². The van der Waals surface area contributed by atoms with Gasteiger partial charge in [0.2, 0.25) is 0 Å².